The molecule has 0 bridgehead atoms. The highest BCUT2D eigenvalue weighted by Crippen LogP contribution is 2.15. The minimum absolute atomic E-state index is 0.105. The lowest BCUT2D eigenvalue weighted by molar-refractivity contribution is -0.135. The van der Waals surface area contributed by atoms with Crippen molar-refractivity contribution in [3.63, 3.8) is 0 Å². The summed E-state index contributed by atoms with van der Waals surface area (Å²) in [5.74, 6) is -1.56. The number of benzene rings is 1. The van der Waals surface area contributed by atoms with Gasteiger partial charge in [0.2, 0.25) is 0 Å². The molecule has 0 amide bonds. The number of carbonyl (C=O) groups is 1. The highest BCUT2D eigenvalue weighted by Gasteiger charge is 2.18. The first-order chi connectivity index (χ1) is 8.65. The third-order valence-corrected chi connectivity index (χ3v) is 2.56. The molecule has 1 fully saturated rings. The molecule has 1 aliphatic rings. The number of hydrogen-bond acceptors (Lipinski definition) is 3. The van der Waals surface area contributed by atoms with Crippen molar-refractivity contribution < 1.29 is 23.8 Å². The minimum Gasteiger partial charge on any atom is -0.478 e. The molecule has 1 heterocycles. The summed E-state index contributed by atoms with van der Waals surface area (Å²) < 4.78 is 23.9. The fourth-order valence-corrected chi connectivity index (χ4v) is 1.50. The molecule has 0 unspecified atom stereocenters. The van der Waals surface area contributed by atoms with Crippen LogP contribution in [-0.4, -0.2) is 30.4 Å². The summed E-state index contributed by atoms with van der Waals surface area (Å²) in [7, 11) is 0. The maximum atomic E-state index is 13.4. The Bertz CT molecular complexity index is 466. The van der Waals surface area contributed by atoms with Crippen molar-refractivity contribution in [2.45, 2.75) is 12.7 Å². The van der Waals surface area contributed by atoms with E-state index in [1.54, 1.807) is 12.1 Å². The molecule has 1 aromatic carbocycles. The second-order valence-electron chi connectivity index (χ2n) is 4.00. The van der Waals surface area contributed by atoms with Crippen LogP contribution >= 0.6 is 0 Å². The topological polar surface area (TPSA) is 55.8 Å². The molecule has 0 saturated carbocycles. The number of carboxylic acid groups (broad SMARTS) is 1. The first-order valence-corrected chi connectivity index (χ1v) is 5.54. The molecule has 96 valence electrons. The van der Waals surface area contributed by atoms with Gasteiger partial charge in [0, 0.05) is 11.6 Å². The normalized spacial score (nSPS) is 15.8. The van der Waals surface area contributed by atoms with E-state index in [-0.39, 0.29) is 11.7 Å². The molecule has 0 spiro atoms. The van der Waals surface area contributed by atoms with Gasteiger partial charge in [0.1, 0.15) is 11.9 Å². The van der Waals surface area contributed by atoms with Gasteiger partial charge in [0.15, 0.2) is 0 Å². The van der Waals surface area contributed by atoms with Crippen LogP contribution < -0.4 is 0 Å². The van der Waals surface area contributed by atoms with Gasteiger partial charge in [0.05, 0.1) is 19.8 Å². The third-order valence-electron chi connectivity index (χ3n) is 2.56. The largest absolute Gasteiger partial charge is 0.478 e. The molecule has 1 aliphatic heterocycles. The SMILES string of the molecule is O=C(O)/C=C/c1cc(COC2COC2)ccc1F. The fraction of sp³-hybridized carbons (Fsp3) is 0.308. The van der Waals surface area contributed by atoms with E-state index in [0.29, 0.717) is 19.8 Å². The second-order valence-corrected chi connectivity index (χ2v) is 4.00. The van der Waals surface area contributed by atoms with E-state index in [1.807, 2.05) is 0 Å². The van der Waals surface area contributed by atoms with E-state index in [0.717, 1.165) is 11.6 Å². The van der Waals surface area contributed by atoms with Crippen LogP contribution in [0.1, 0.15) is 11.1 Å². The summed E-state index contributed by atoms with van der Waals surface area (Å²) >= 11 is 0. The predicted molar refractivity (Wildman–Crippen MR) is 62.5 cm³/mol. The van der Waals surface area contributed by atoms with Gasteiger partial charge < -0.3 is 14.6 Å². The monoisotopic (exact) mass is 252 g/mol. The van der Waals surface area contributed by atoms with Gasteiger partial charge in [-0.3, -0.25) is 0 Å². The van der Waals surface area contributed by atoms with Gasteiger partial charge in [-0.1, -0.05) is 6.07 Å². The van der Waals surface area contributed by atoms with Crippen molar-refractivity contribution in [3.8, 4) is 0 Å². The molecular weight excluding hydrogens is 239 g/mol. The highest BCUT2D eigenvalue weighted by molar-refractivity contribution is 5.85. The molecule has 0 radical (unpaired) electrons. The number of rotatable bonds is 5. The van der Waals surface area contributed by atoms with Crippen LogP contribution in [0.3, 0.4) is 0 Å². The number of ether oxygens (including phenoxy) is 2. The summed E-state index contributed by atoms with van der Waals surface area (Å²) in [6.07, 6.45) is 2.24. The molecule has 0 aromatic heterocycles. The summed E-state index contributed by atoms with van der Waals surface area (Å²) in [5, 5.41) is 8.50. The first-order valence-electron chi connectivity index (χ1n) is 5.54. The molecule has 0 atom stereocenters. The summed E-state index contributed by atoms with van der Waals surface area (Å²) in [6.45, 7) is 1.54. The lowest BCUT2D eigenvalue weighted by Gasteiger charge is -2.26. The van der Waals surface area contributed by atoms with E-state index in [9.17, 15) is 9.18 Å². The fourth-order valence-electron chi connectivity index (χ4n) is 1.50. The second kappa shape index (κ2) is 5.75. The molecule has 5 heteroatoms. The highest BCUT2D eigenvalue weighted by atomic mass is 19.1. The van der Waals surface area contributed by atoms with E-state index in [2.05, 4.69) is 0 Å². The van der Waals surface area contributed by atoms with E-state index in [4.69, 9.17) is 14.6 Å². The Morgan fingerprint density at radius 2 is 2.33 bits per heavy atom. The van der Waals surface area contributed by atoms with Gasteiger partial charge >= 0.3 is 5.97 Å². The van der Waals surface area contributed by atoms with Crippen molar-refractivity contribution in [2.24, 2.45) is 0 Å². The van der Waals surface area contributed by atoms with E-state index < -0.39 is 11.8 Å². The Hall–Kier alpha value is -1.72. The number of aliphatic carboxylic acids is 1. The molecule has 4 nitrogen and oxygen atoms in total. The van der Waals surface area contributed by atoms with Gasteiger partial charge in [-0.05, 0) is 23.8 Å². The van der Waals surface area contributed by atoms with E-state index in [1.165, 1.54) is 12.1 Å². The molecular formula is C13H13FO4. The third kappa shape index (κ3) is 3.38. The smallest absolute Gasteiger partial charge is 0.328 e. The zero-order valence-electron chi connectivity index (χ0n) is 9.64. The molecule has 1 aromatic rings. The molecule has 18 heavy (non-hydrogen) atoms. The van der Waals surface area contributed by atoms with Crippen molar-refractivity contribution in [2.75, 3.05) is 13.2 Å². The van der Waals surface area contributed by atoms with Gasteiger partial charge in [-0.15, -0.1) is 0 Å². The van der Waals surface area contributed by atoms with Crippen LogP contribution in [-0.2, 0) is 20.9 Å². The molecule has 1 N–H and O–H groups in total. The quantitative estimate of drug-likeness (QED) is 0.812. The number of hydrogen-bond donors (Lipinski definition) is 1. The van der Waals surface area contributed by atoms with Crippen LogP contribution in [0.2, 0.25) is 0 Å². The van der Waals surface area contributed by atoms with E-state index >= 15 is 0 Å². The van der Waals surface area contributed by atoms with Crippen LogP contribution in [0.5, 0.6) is 0 Å². The van der Waals surface area contributed by atoms with Gasteiger partial charge in [-0.25, -0.2) is 9.18 Å². The van der Waals surface area contributed by atoms with Crippen LogP contribution in [0, 0.1) is 5.82 Å². The van der Waals surface area contributed by atoms with Crippen molar-refractivity contribution in [3.05, 3.63) is 41.2 Å². The lowest BCUT2D eigenvalue weighted by atomic mass is 10.1. The maximum Gasteiger partial charge on any atom is 0.328 e. The number of carboxylic acids is 1. The van der Waals surface area contributed by atoms with Crippen LogP contribution in [0.25, 0.3) is 6.08 Å². The molecule has 1 saturated heterocycles. The summed E-state index contributed by atoms with van der Waals surface area (Å²) in [6, 6.07) is 4.50. The van der Waals surface area contributed by atoms with Crippen molar-refractivity contribution in [1.82, 2.24) is 0 Å². The zero-order valence-corrected chi connectivity index (χ0v) is 9.64. The number of halogens is 1. The summed E-state index contributed by atoms with van der Waals surface area (Å²) in [4.78, 5) is 10.4. The van der Waals surface area contributed by atoms with Gasteiger partial charge in [0.25, 0.3) is 0 Å². The Morgan fingerprint density at radius 3 is 2.94 bits per heavy atom. The Labute approximate surface area is 104 Å². The Kier molecular flexibility index (Phi) is 4.07. The average Bonchev–Trinajstić information content (AvgIpc) is 2.27. The minimum atomic E-state index is -1.11. The van der Waals surface area contributed by atoms with Crippen molar-refractivity contribution in [1.29, 1.82) is 0 Å². The van der Waals surface area contributed by atoms with Gasteiger partial charge in [-0.2, -0.15) is 0 Å². The van der Waals surface area contributed by atoms with Crippen LogP contribution in [0.15, 0.2) is 24.3 Å². The Balaban J connectivity index is 2.02. The first kappa shape index (κ1) is 12.7. The predicted octanol–water partition coefficient (Wildman–Crippen LogP) is 1.84. The Morgan fingerprint density at radius 1 is 1.56 bits per heavy atom. The average molecular weight is 252 g/mol. The molecule has 0 aliphatic carbocycles. The van der Waals surface area contributed by atoms with Crippen LogP contribution in [0.4, 0.5) is 4.39 Å². The molecule has 2 rings (SSSR count). The maximum absolute atomic E-state index is 13.4. The lowest BCUT2D eigenvalue weighted by Crippen LogP contribution is -2.35. The summed E-state index contributed by atoms with van der Waals surface area (Å²) in [5.41, 5.74) is 1.04. The van der Waals surface area contributed by atoms with Crippen molar-refractivity contribution >= 4 is 12.0 Å². The standard InChI is InChI=1S/C13H13FO4/c14-12-3-1-9(6-18-11-7-17-8-11)5-10(12)2-4-13(15)16/h1-5,11H,6-8H2,(H,15,16)/b4-2+. The zero-order chi connectivity index (χ0) is 13.0.